The number of hydrogen-bond donors (Lipinski definition) is 1. The van der Waals surface area contributed by atoms with Gasteiger partial charge in [0.05, 0.1) is 0 Å². The summed E-state index contributed by atoms with van der Waals surface area (Å²) in [6.07, 6.45) is 1.44. The van der Waals surface area contributed by atoms with Crippen molar-refractivity contribution in [2.75, 3.05) is 32.6 Å². The lowest BCUT2D eigenvalue weighted by Gasteiger charge is -2.24. The number of hydrogen-bond acceptors (Lipinski definition) is 6. The predicted octanol–water partition coefficient (Wildman–Crippen LogP) is 1.96. The van der Waals surface area contributed by atoms with E-state index in [1.807, 2.05) is 20.8 Å². The van der Waals surface area contributed by atoms with Gasteiger partial charge in [-0.25, -0.2) is 14.7 Å². The number of ether oxygens (including phenoxy) is 2. The molecule has 1 N–H and O–H groups in total. The average molecular weight is 372 g/mol. The molecule has 1 aromatic heterocycles. The summed E-state index contributed by atoms with van der Waals surface area (Å²) >= 11 is 1.55. The fraction of sp³-hybridized carbons (Fsp3) is 0.812. The molecule has 0 aromatic carbocycles. The Balaban J connectivity index is 1.83. The lowest BCUT2D eigenvalue weighted by atomic mass is 10.2. The fourth-order valence-electron chi connectivity index (χ4n) is 2.63. The van der Waals surface area contributed by atoms with E-state index in [1.165, 1.54) is 0 Å². The first kappa shape index (κ1) is 19.8. The standard InChI is InChI=1S/C16H28N4O4S/c1-16(2,3)24-15(22)19-8-6-12(10-19)11-25-14-18-17-13(21)20(14)7-5-9-23-4/h12H,5-11H2,1-4H3,(H,17,21)/t12-/m0/s1. The van der Waals surface area contributed by atoms with E-state index in [9.17, 15) is 9.59 Å². The molecule has 1 atom stereocenters. The van der Waals surface area contributed by atoms with E-state index in [1.54, 1.807) is 28.3 Å². The highest BCUT2D eigenvalue weighted by atomic mass is 32.2. The number of nitrogens with zero attached hydrogens (tertiary/aromatic N) is 3. The van der Waals surface area contributed by atoms with E-state index in [0.29, 0.717) is 37.3 Å². The minimum Gasteiger partial charge on any atom is -0.444 e. The number of thioether (sulfide) groups is 1. The molecule has 1 fully saturated rings. The van der Waals surface area contributed by atoms with Crippen LogP contribution in [0.4, 0.5) is 4.79 Å². The third-order valence-corrected chi connectivity index (χ3v) is 5.05. The van der Waals surface area contributed by atoms with Gasteiger partial charge in [-0.05, 0) is 39.5 Å². The molecule has 2 rings (SSSR count). The van der Waals surface area contributed by atoms with Gasteiger partial charge in [-0.15, -0.1) is 5.10 Å². The summed E-state index contributed by atoms with van der Waals surface area (Å²) in [5.41, 5.74) is -0.669. The number of H-pyrrole nitrogens is 1. The predicted molar refractivity (Wildman–Crippen MR) is 96.0 cm³/mol. The molecule has 0 aliphatic carbocycles. The molecule has 25 heavy (non-hydrogen) atoms. The largest absolute Gasteiger partial charge is 0.444 e. The first-order valence-corrected chi connectivity index (χ1v) is 9.53. The normalized spacial score (nSPS) is 17.9. The van der Waals surface area contributed by atoms with Gasteiger partial charge in [-0.1, -0.05) is 11.8 Å². The van der Waals surface area contributed by atoms with Crippen LogP contribution in [0.5, 0.6) is 0 Å². The highest BCUT2D eigenvalue weighted by molar-refractivity contribution is 7.99. The van der Waals surface area contributed by atoms with Crippen LogP contribution in [0.3, 0.4) is 0 Å². The number of methoxy groups -OCH3 is 1. The van der Waals surface area contributed by atoms with Crippen LogP contribution in [0.15, 0.2) is 9.95 Å². The topological polar surface area (TPSA) is 89.4 Å². The molecule has 1 aromatic rings. The van der Waals surface area contributed by atoms with Crippen molar-refractivity contribution in [1.29, 1.82) is 0 Å². The fourth-order valence-corrected chi connectivity index (χ4v) is 3.73. The van der Waals surface area contributed by atoms with Crippen molar-refractivity contribution in [3.63, 3.8) is 0 Å². The number of likely N-dealkylation sites (tertiary alicyclic amines) is 1. The minimum atomic E-state index is -0.475. The molecule has 1 aliphatic heterocycles. The third kappa shape index (κ3) is 6.07. The highest BCUT2D eigenvalue weighted by Gasteiger charge is 2.30. The van der Waals surface area contributed by atoms with Gasteiger partial charge >= 0.3 is 11.8 Å². The Morgan fingerprint density at radius 3 is 2.88 bits per heavy atom. The number of amides is 1. The van der Waals surface area contributed by atoms with Gasteiger partial charge in [-0.2, -0.15) is 0 Å². The van der Waals surface area contributed by atoms with Gasteiger partial charge in [0.1, 0.15) is 5.60 Å². The molecule has 0 unspecified atom stereocenters. The third-order valence-electron chi connectivity index (χ3n) is 3.84. The van der Waals surface area contributed by atoms with E-state index in [-0.39, 0.29) is 11.8 Å². The Morgan fingerprint density at radius 1 is 1.44 bits per heavy atom. The Morgan fingerprint density at radius 2 is 2.20 bits per heavy atom. The first-order chi connectivity index (χ1) is 11.8. The smallest absolute Gasteiger partial charge is 0.410 e. The van der Waals surface area contributed by atoms with Crippen molar-refractivity contribution < 1.29 is 14.3 Å². The second-order valence-corrected chi connectivity index (χ2v) is 8.19. The molecule has 1 saturated heterocycles. The molecule has 9 heteroatoms. The Bertz CT molecular complexity index is 622. The van der Waals surface area contributed by atoms with Crippen LogP contribution in [0, 0.1) is 5.92 Å². The Kier molecular flexibility index (Phi) is 6.95. The maximum Gasteiger partial charge on any atom is 0.410 e. The highest BCUT2D eigenvalue weighted by Crippen LogP contribution is 2.25. The van der Waals surface area contributed by atoms with Crippen LogP contribution in [-0.2, 0) is 16.0 Å². The Hall–Kier alpha value is -1.48. The summed E-state index contributed by atoms with van der Waals surface area (Å²) < 4.78 is 12.1. The summed E-state index contributed by atoms with van der Waals surface area (Å²) in [5.74, 6) is 1.19. The minimum absolute atomic E-state index is 0.194. The summed E-state index contributed by atoms with van der Waals surface area (Å²) in [5, 5.41) is 7.30. The molecule has 8 nitrogen and oxygen atoms in total. The number of aromatic amines is 1. The summed E-state index contributed by atoms with van der Waals surface area (Å²) in [6.45, 7) is 8.19. The molecule has 0 bridgehead atoms. The van der Waals surface area contributed by atoms with E-state index in [4.69, 9.17) is 9.47 Å². The quantitative estimate of drug-likeness (QED) is 0.581. The maximum atomic E-state index is 12.1. The van der Waals surface area contributed by atoms with Crippen molar-refractivity contribution in [2.45, 2.75) is 50.9 Å². The number of carbonyl (C=O) groups is 1. The zero-order chi connectivity index (χ0) is 18.4. The number of aromatic nitrogens is 3. The summed E-state index contributed by atoms with van der Waals surface area (Å²) in [7, 11) is 1.64. The van der Waals surface area contributed by atoms with Crippen LogP contribution in [0.1, 0.15) is 33.6 Å². The van der Waals surface area contributed by atoms with Crippen molar-refractivity contribution in [3.05, 3.63) is 10.5 Å². The van der Waals surface area contributed by atoms with E-state index < -0.39 is 5.60 Å². The molecule has 1 aliphatic rings. The van der Waals surface area contributed by atoms with Crippen molar-refractivity contribution in [1.82, 2.24) is 19.7 Å². The number of rotatable bonds is 7. The molecule has 0 saturated carbocycles. The average Bonchev–Trinajstić information content (AvgIpc) is 3.12. The maximum absolute atomic E-state index is 12.1. The zero-order valence-electron chi connectivity index (χ0n) is 15.4. The van der Waals surface area contributed by atoms with Gasteiger partial charge in [0.25, 0.3) is 0 Å². The van der Waals surface area contributed by atoms with Gasteiger partial charge < -0.3 is 14.4 Å². The van der Waals surface area contributed by atoms with Crippen molar-refractivity contribution in [2.24, 2.45) is 5.92 Å². The molecule has 0 spiro atoms. The van der Waals surface area contributed by atoms with E-state index in [0.717, 1.165) is 18.6 Å². The van der Waals surface area contributed by atoms with E-state index >= 15 is 0 Å². The second-order valence-electron chi connectivity index (χ2n) is 7.20. The molecular weight excluding hydrogens is 344 g/mol. The van der Waals surface area contributed by atoms with Crippen LogP contribution in [0.25, 0.3) is 0 Å². The van der Waals surface area contributed by atoms with Crippen LogP contribution in [-0.4, -0.2) is 63.9 Å². The van der Waals surface area contributed by atoms with Crippen LogP contribution < -0.4 is 5.69 Å². The van der Waals surface area contributed by atoms with Gasteiger partial charge in [0.2, 0.25) is 0 Å². The molecule has 142 valence electrons. The molecule has 2 heterocycles. The zero-order valence-corrected chi connectivity index (χ0v) is 16.2. The molecule has 1 amide bonds. The van der Waals surface area contributed by atoms with Crippen LogP contribution in [0.2, 0.25) is 0 Å². The first-order valence-electron chi connectivity index (χ1n) is 8.55. The molecule has 0 radical (unpaired) electrons. The van der Waals surface area contributed by atoms with Gasteiger partial charge in [0.15, 0.2) is 5.16 Å². The van der Waals surface area contributed by atoms with Gasteiger partial charge in [0, 0.05) is 39.1 Å². The number of nitrogens with one attached hydrogen (secondary N) is 1. The van der Waals surface area contributed by atoms with E-state index in [2.05, 4.69) is 10.2 Å². The van der Waals surface area contributed by atoms with Gasteiger partial charge in [-0.3, -0.25) is 4.57 Å². The van der Waals surface area contributed by atoms with Crippen LogP contribution >= 0.6 is 11.8 Å². The summed E-state index contributed by atoms with van der Waals surface area (Å²) in [4.78, 5) is 25.7. The number of carbonyl (C=O) groups excluding carboxylic acids is 1. The lowest BCUT2D eigenvalue weighted by Crippen LogP contribution is -2.35. The Labute approximate surface area is 152 Å². The van der Waals surface area contributed by atoms with Crippen molar-refractivity contribution >= 4 is 17.9 Å². The summed E-state index contributed by atoms with van der Waals surface area (Å²) in [6, 6.07) is 0. The molecular formula is C16H28N4O4S. The SMILES string of the molecule is COCCCn1c(SC[C@H]2CCN(C(=O)OC(C)(C)C)C2)n[nH]c1=O. The lowest BCUT2D eigenvalue weighted by molar-refractivity contribution is 0.0289. The monoisotopic (exact) mass is 372 g/mol. The second kappa shape index (κ2) is 8.75. The van der Waals surface area contributed by atoms with Crippen molar-refractivity contribution in [3.8, 4) is 0 Å².